The zero-order chi connectivity index (χ0) is 24.2. The second-order valence-electron chi connectivity index (χ2n) is 8.05. The second kappa shape index (κ2) is 7.98. The number of nitrogens with zero attached hydrogens (tertiary/aromatic N) is 5. The molecule has 5 rings (SSSR count). The molecule has 4 heterocycles. The predicted molar refractivity (Wildman–Crippen MR) is 119 cm³/mol. The summed E-state index contributed by atoms with van der Waals surface area (Å²) in [5, 5.41) is 8.00. The smallest absolute Gasteiger partial charge is 0.356 e. The average Bonchev–Trinajstić information content (AvgIpc) is 3.43. The molecule has 0 spiro atoms. The van der Waals surface area contributed by atoms with Gasteiger partial charge in [-0.05, 0) is 43.7 Å². The molecule has 4 aromatic rings. The summed E-state index contributed by atoms with van der Waals surface area (Å²) in [4.78, 5) is 19.0. The zero-order valence-corrected chi connectivity index (χ0v) is 18.7. The van der Waals surface area contributed by atoms with Crippen molar-refractivity contribution in [3.05, 3.63) is 70.8 Å². The summed E-state index contributed by atoms with van der Waals surface area (Å²) in [6.07, 6.45) is 0.283. The molecule has 1 atom stereocenters. The highest BCUT2D eigenvalue weighted by atomic mass is 35.5. The fourth-order valence-corrected chi connectivity index (χ4v) is 4.31. The molecule has 0 fully saturated rings. The van der Waals surface area contributed by atoms with Crippen LogP contribution in [0.5, 0.6) is 0 Å². The van der Waals surface area contributed by atoms with Gasteiger partial charge in [0.2, 0.25) is 0 Å². The number of rotatable bonds is 3. The minimum atomic E-state index is -4.59. The minimum absolute atomic E-state index is 0.216. The maximum atomic E-state index is 13.5. The van der Waals surface area contributed by atoms with Crippen molar-refractivity contribution in [3.63, 3.8) is 0 Å². The number of hydrogen-bond donors (Lipinski definition) is 0. The Labute approximate surface area is 196 Å². The number of carbonyl (C=O) groups is 1. The van der Waals surface area contributed by atoms with Gasteiger partial charge in [-0.3, -0.25) is 14.5 Å². The Morgan fingerprint density at radius 1 is 1.15 bits per heavy atom. The van der Waals surface area contributed by atoms with E-state index in [0.29, 0.717) is 17.0 Å². The number of pyridine rings is 1. The number of benzene rings is 1. The fraction of sp³-hybridized carbons (Fsp3) is 0.217. The summed E-state index contributed by atoms with van der Waals surface area (Å²) >= 11 is 5.89. The van der Waals surface area contributed by atoms with Crippen LogP contribution in [0.15, 0.2) is 53.4 Å². The lowest BCUT2D eigenvalue weighted by atomic mass is 10.1. The number of halogens is 4. The molecule has 7 nitrogen and oxygen atoms in total. The number of hydrogen-bond acceptors (Lipinski definition) is 5. The molecule has 0 N–H and O–H groups in total. The lowest BCUT2D eigenvalue weighted by Gasteiger charge is -2.32. The van der Waals surface area contributed by atoms with Gasteiger partial charge in [0.25, 0.3) is 5.91 Å². The average molecular weight is 488 g/mol. The molecule has 11 heteroatoms. The van der Waals surface area contributed by atoms with Crippen molar-refractivity contribution >= 4 is 23.2 Å². The van der Waals surface area contributed by atoms with Crippen LogP contribution in [0.25, 0.3) is 22.6 Å². The predicted octanol–water partition coefficient (Wildman–Crippen LogP) is 5.80. The van der Waals surface area contributed by atoms with E-state index in [1.54, 1.807) is 23.1 Å². The summed E-state index contributed by atoms with van der Waals surface area (Å²) in [5.74, 6) is 0.0618. The first-order valence-electron chi connectivity index (χ1n) is 10.3. The first-order chi connectivity index (χ1) is 16.1. The molecule has 0 saturated carbocycles. The molecule has 1 aliphatic rings. The zero-order valence-electron chi connectivity index (χ0n) is 18.0. The molecular formula is C23H17ClF3N5O2. The quantitative estimate of drug-likeness (QED) is 0.365. The number of anilines is 1. The van der Waals surface area contributed by atoms with Crippen molar-refractivity contribution < 1.29 is 22.5 Å². The van der Waals surface area contributed by atoms with Crippen LogP contribution in [0.3, 0.4) is 0 Å². The summed E-state index contributed by atoms with van der Waals surface area (Å²) < 4.78 is 46.4. The van der Waals surface area contributed by atoms with Crippen LogP contribution in [-0.4, -0.2) is 32.4 Å². The molecule has 0 radical (unpaired) electrons. The van der Waals surface area contributed by atoms with Crippen molar-refractivity contribution in [2.75, 3.05) is 11.4 Å². The molecule has 0 saturated heterocycles. The van der Waals surface area contributed by atoms with E-state index in [9.17, 15) is 18.0 Å². The molecule has 3 aromatic heterocycles. The van der Waals surface area contributed by atoms with E-state index in [1.165, 1.54) is 17.2 Å². The van der Waals surface area contributed by atoms with Gasteiger partial charge >= 0.3 is 6.18 Å². The molecular weight excluding hydrogens is 471 g/mol. The van der Waals surface area contributed by atoms with Gasteiger partial charge in [0.05, 0.1) is 28.4 Å². The van der Waals surface area contributed by atoms with Gasteiger partial charge in [0.1, 0.15) is 11.4 Å². The van der Waals surface area contributed by atoms with Gasteiger partial charge in [0.15, 0.2) is 5.76 Å². The number of aryl methyl sites for hydroxylation is 1. The van der Waals surface area contributed by atoms with E-state index in [-0.39, 0.29) is 24.0 Å². The Balaban J connectivity index is 1.53. The van der Waals surface area contributed by atoms with Gasteiger partial charge in [-0.15, -0.1) is 0 Å². The highest BCUT2D eigenvalue weighted by Gasteiger charge is 2.37. The van der Waals surface area contributed by atoms with Crippen LogP contribution >= 0.6 is 11.6 Å². The lowest BCUT2D eigenvalue weighted by molar-refractivity contribution is -0.137. The Morgan fingerprint density at radius 2 is 1.94 bits per heavy atom. The Kier molecular flexibility index (Phi) is 5.20. The van der Waals surface area contributed by atoms with E-state index in [0.717, 1.165) is 23.3 Å². The maximum absolute atomic E-state index is 13.5. The van der Waals surface area contributed by atoms with Crippen LogP contribution < -0.4 is 4.90 Å². The van der Waals surface area contributed by atoms with E-state index in [1.807, 2.05) is 19.9 Å². The van der Waals surface area contributed by atoms with Crippen LogP contribution in [0.4, 0.5) is 18.9 Å². The second-order valence-corrected chi connectivity index (χ2v) is 8.45. The summed E-state index contributed by atoms with van der Waals surface area (Å²) in [6, 6.07) is 6.58. The Morgan fingerprint density at radius 3 is 2.65 bits per heavy atom. The Hall–Kier alpha value is -3.66. The number of amides is 1. The summed E-state index contributed by atoms with van der Waals surface area (Å²) in [6.45, 7) is 3.99. The molecule has 1 amide bonds. The molecule has 1 aromatic carbocycles. The van der Waals surface area contributed by atoms with E-state index < -0.39 is 22.7 Å². The molecule has 0 aliphatic carbocycles. The normalized spacial score (nSPS) is 16.1. The number of alkyl halides is 3. The van der Waals surface area contributed by atoms with Crippen LogP contribution in [0.1, 0.15) is 34.6 Å². The highest BCUT2D eigenvalue weighted by molar-refractivity contribution is 6.31. The number of fused-ring (bicyclic) bond motifs is 1. The van der Waals surface area contributed by atoms with Gasteiger partial charge in [-0.25, -0.2) is 0 Å². The molecule has 34 heavy (non-hydrogen) atoms. The van der Waals surface area contributed by atoms with Crippen molar-refractivity contribution in [1.29, 1.82) is 0 Å². The van der Waals surface area contributed by atoms with E-state index in [4.69, 9.17) is 16.1 Å². The van der Waals surface area contributed by atoms with Crippen LogP contribution in [0, 0.1) is 6.92 Å². The van der Waals surface area contributed by atoms with Crippen molar-refractivity contribution in [2.24, 2.45) is 0 Å². The highest BCUT2D eigenvalue weighted by Crippen LogP contribution is 2.39. The number of carbonyl (C=O) groups excluding carboxylic acids is 1. The number of aromatic nitrogens is 4. The minimum Gasteiger partial charge on any atom is -0.356 e. The van der Waals surface area contributed by atoms with Gasteiger partial charge in [-0.1, -0.05) is 16.8 Å². The van der Waals surface area contributed by atoms with Crippen molar-refractivity contribution in [1.82, 2.24) is 19.9 Å². The lowest BCUT2D eigenvalue weighted by Crippen LogP contribution is -2.42. The van der Waals surface area contributed by atoms with E-state index in [2.05, 4.69) is 15.2 Å². The summed E-state index contributed by atoms with van der Waals surface area (Å²) in [5.41, 5.74) is 2.15. The SMILES string of the molecule is Cc1ccncc1-c1cc(-c2cnn3c2C(=O)N(c2ccc(C(F)(F)F)c(Cl)c2)C[C@@H]3C)no1. The van der Waals surface area contributed by atoms with Crippen molar-refractivity contribution in [2.45, 2.75) is 26.1 Å². The Bertz CT molecular complexity index is 1410. The maximum Gasteiger partial charge on any atom is 0.417 e. The third-order valence-electron chi connectivity index (χ3n) is 5.77. The third-order valence-corrected chi connectivity index (χ3v) is 6.08. The molecule has 0 unspecified atom stereocenters. The largest absolute Gasteiger partial charge is 0.417 e. The third kappa shape index (κ3) is 3.63. The van der Waals surface area contributed by atoms with Gasteiger partial charge < -0.3 is 9.42 Å². The summed E-state index contributed by atoms with van der Waals surface area (Å²) in [7, 11) is 0. The topological polar surface area (TPSA) is 77.1 Å². The van der Waals surface area contributed by atoms with Crippen LogP contribution in [-0.2, 0) is 6.18 Å². The molecule has 1 aliphatic heterocycles. The van der Waals surface area contributed by atoms with Gasteiger partial charge in [0, 0.05) is 36.3 Å². The van der Waals surface area contributed by atoms with Gasteiger partial charge in [-0.2, -0.15) is 18.3 Å². The first-order valence-corrected chi connectivity index (χ1v) is 10.7. The first kappa shape index (κ1) is 22.1. The molecule has 0 bridgehead atoms. The van der Waals surface area contributed by atoms with Crippen molar-refractivity contribution in [3.8, 4) is 22.6 Å². The molecule has 174 valence electrons. The van der Waals surface area contributed by atoms with Crippen LogP contribution in [0.2, 0.25) is 5.02 Å². The monoisotopic (exact) mass is 487 g/mol. The fourth-order valence-electron chi connectivity index (χ4n) is 4.02. The standard InChI is InChI=1S/C23H17ClF3N5O2/c1-12-5-6-28-9-15(12)20-8-19(30-34-20)16-10-29-32-13(2)11-31(22(33)21(16)32)14-3-4-17(18(24)7-14)23(25,26)27/h3-10,13H,11H2,1-2H3/t13-/m0/s1. The van der Waals surface area contributed by atoms with E-state index >= 15 is 0 Å².